The first-order valence-corrected chi connectivity index (χ1v) is 13.9. The second kappa shape index (κ2) is 12.7. The second-order valence-corrected chi connectivity index (χ2v) is 10.7. The Morgan fingerprint density at radius 3 is 2.54 bits per heavy atom. The summed E-state index contributed by atoms with van der Waals surface area (Å²) in [6.07, 6.45) is 10.5. The van der Waals surface area contributed by atoms with Crippen LogP contribution in [0.5, 0.6) is 5.75 Å². The van der Waals surface area contributed by atoms with Crippen molar-refractivity contribution in [1.29, 1.82) is 0 Å². The lowest BCUT2D eigenvalue weighted by Gasteiger charge is -2.28. The van der Waals surface area contributed by atoms with E-state index in [2.05, 4.69) is 23.3 Å². The van der Waals surface area contributed by atoms with Crippen LogP contribution in [0, 0.1) is 11.8 Å². The highest BCUT2D eigenvalue weighted by Gasteiger charge is 2.29. The van der Waals surface area contributed by atoms with Gasteiger partial charge in [-0.05, 0) is 80.8 Å². The third-order valence-corrected chi connectivity index (χ3v) is 7.91. The van der Waals surface area contributed by atoms with Gasteiger partial charge in [-0.15, -0.1) is 0 Å². The van der Waals surface area contributed by atoms with Crippen LogP contribution < -0.4 is 5.32 Å². The van der Waals surface area contributed by atoms with Gasteiger partial charge in [0.1, 0.15) is 11.6 Å². The number of imidazole rings is 1. The van der Waals surface area contributed by atoms with E-state index >= 15 is 0 Å². The number of phenols is 1. The first-order chi connectivity index (χ1) is 17.9. The fourth-order valence-corrected chi connectivity index (χ4v) is 5.59. The summed E-state index contributed by atoms with van der Waals surface area (Å²) in [5, 5.41) is 14.1. The summed E-state index contributed by atoms with van der Waals surface area (Å²) in [6, 6.07) is 12.1. The van der Waals surface area contributed by atoms with Crippen LogP contribution in [0.1, 0.15) is 69.1 Å². The Labute approximate surface area is 229 Å². The predicted molar refractivity (Wildman–Crippen MR) is 151 cm³/mol. The minimum atomic E-state index is -0.356. The first kappa shape index (κ1) is 27.3. The maximum atomic E-state index is 13.4. The van der Waals surface area contributed by atoms with Crippen molar-refractivity contribution >= 4 is 29.1 Å². The van der Waals surface area contributed by atoms with Gasteiger partial charge in [-0.2, -0.15) is 0 Å². The Kier molecular flexibility index (Phi) is 9.33. The molecule has 1 saturated carbocycles. The van der Waals surface area contributed by atoms with Crippen molar-refractivity contribution in [2.45, 2.75) is 64.8 Å². The fraction of sp³-hybridized carbons (Fsp3) is 0.400. The molecule has 3 aromatic rings. The van der Waals surface area contributed by atoms with E-state index in [9.17, 15) is 9.90 Å². The van der Waals surface area contributed by atoms with E-state index in [0.29, 0.717) is 28.7 Å². The molecule has 0 radical (unpaired) electrons. The summed E-state index contributed by atoms with van der Waals surface area (Å²) in [6.45, 7) is 4.21. The van der Waals surface area contributed by atoms with Gasteiger partial charge >= 0.3 is 0 Å². The van der Waals surface area contributed by atoms with Crippen molar-refractivity contribution < 1.29 is 9.90 Å². The lowest BCUT2D eigenvalue weighted by atomic mass is 9.80. The molecular weight excluding hydrogens is 505 g/mol. The number of carbonyl (C=O) groups is 1. The summed E-state index contributed by atoms with van der Waals surface area (Å²) in [4.78, 5) is 21.9. The molecule has 3 N–H and O–H groups in total. The Morgan fingerprint density at radius 1 is 1.16 bits per heavy atom. The maximum absolute atomic E-state index is 13.4. The van der Waals surface area contributed by atoms with E-state index < -0.39 is 0 Å². The number of allylic oxidation sites excluding steroid dienone is 2. The summed E-state index contributed by atoms with van der Waals surface area (Å²) < 4.78 is 0. The van der Waals surface area contributed by atoms with E-state index in [1.165, 1.54) is 6.42 Å². The SMILES string of the molecule is CC=CCc1[nH]c([C@H](Cc2ccc(O)cc2)NC(=O)C2CCC(CC)CC2)nc1-c1ccc(Cl)cc1Cl. The zero-order valence-corrected chi connectivity index (χ0v) is 22.9. The van der Waals surface area contributed by atoms with Crippen LogP contribution in [0.25, 0.3) is 11.3 Å². The van der Waals surface area contributed by atoms with Crippen LogP contribution in [-0.4, -0.2) is 21.0 Å². The number of hydrogen-bond acceptors (Lipinski definition) is 3. The number of amides is 1. The minimum absolute atomic E-state index is 0.0211. The summed E-state index contributed by atoms with van der Waals surface area (Å²) >= 11 is 12.7. The molecule has 0 saturated heterocycles. The van der Waals surface area contributed by atoms with E-state index in [1.807, 2.05) is 31.2 Å². The number of H-pyrrole nitrogens is 1. The number of nitrogens with one attached hydrogen (secondary N) is 2. The van der Waals surface area contributed by atoms with Crippen molar-refractivity contribution in [2.75, 3.05) is 0 Å². The third kappa shape index (κ3) is 6.97. The molecule has 0 bridgehead atoms. The largest absolute Gasteiger partial charge is 0.508 e. The number of aromatic hydroxyl groups is 1. The lowest BCUT2D eigenvalue weighted by Crippen LogP contribution is -2.37. The van der Waals surface area contributed by atoms with Gasteiger partial charge in [0.05, 0.1) is 16.8 Å². The number of halogens is 2. The Balaban J connectivity index is 1.67. The highest BCUT2D eigenvalue weighted by Crippen LogP contribution is 2.34. The Bertz CT molecular complexity index is 1230. The molecule has 196 valence electrons. The van der Waals surface area contributed by atoms with Crippen molar-refractivity contribution in [3.8, 4) is 17.0 Å². The van der Waals surface area contributed by atoms with Crippen molar-refractivity contribution in [2.24, 2.45) is 11.8 Å². The molecular formula is C30H35Cl2N3O2. The van der Waals surface area contributed by atoms with Gasteiger partial charge in [-0.1, -0.05) is 60.8 Å². The van der Waals surface area contributed by atoms with Crippen LogP contribution in [0.3, 0.4) is 0 Å². The smallest absolute Gasteiger partial charge is 0.223 e. The van der Waals surface area contributed by atoms with E-state index in [-0.39, 0.29) is 23.6 Å². The highest BCUT2D eigenvalue weighted by atomic mass is 35.5. The van der Waals surface area contributed by atoms with Gasteiger partial charge in [0.2, 0.25) is 5.91 Å². The standard InChI is InChI=1S/C30H35Cl2N3O2/c1-3-5-6-26-28(24-16-13-22(31)18-25(24)32)35-29(33-26)27(17-20-9-14-23(36)15-10-20)34-30(37)21-11-7-19(4-2)8-12-21/h3,5,9-10,13-16,18-19,21,27,36H,4,6-8,11-12,17H2,1-2H3,(H,33,35)(H,34,37)/t19?,21?,27-/m0/s1. The van der Waals surface area contributed by atoms with Gasteiger partial charge in [-0.25, -0.2) is 4.98 Å². The molecule has 7 heteroatoms. The van der Waals surface area contributed by atoms with Gasteiger partial charge in [0.25, 0.3) is 0 Å². The second-order valence-electron chi connectivity index (χ2n) is 9.90. The summed E-state index contributed by atoms with van der Waals surface area (Å²) in [5.41, 5.74) is 3.46. The Hall–Kier alpha value is -2.76. The zero-order valence-electron chi connectivity index (χ0n) is 21.4. The molecule has 1 aliphatic carbocycles. The van der Waals surface area contributed by atoms with Gasteiger partial charge < -0.3 is 15.4 Å². The van der Waals surface area contributed by atoms with E-state index in [4.69, 9.17) is 28.2 Å². The molecule has 1 aliphatic rings. The van der Waals surface area contributed by atoms with Crippen molar-refractivity contribution in [3.05, 3.63) is 81.7 Å². The van der Waals surface area contributed by atoms with Crippen molar-refractivity contribution in [1.82, 2.24) is 15.3 Å². The van der Waals surface area contributed by atoms with Gasteiger partial charge in [-0.3, -0.25) is 4.79 Å². The quantitative estimate of drug-likeness (QED) is 0.242. The molecule has 1 fully saturated rings. The molecule has 4 rings (SSSR count). The molecule has 1 aromatic heterocycles. The molecule has 5 nitrogen and oxygen atoms in total. The average molecular weight is 541 g/mol. The number of carbonyl (C=O) groups excluding carboxylic acids is 1. The molecule has 0 spiro atoms. The van der Waals surface area contributed by atoms with Crippen LogP contribution in [0.2, 0.25) is 10.0 Å². The number of nitrogens with zero attached hydrogens (tertiary/aromatic N) is 1. The van der Waals surface area contributed by atoms with Crippen LogP contribution in [0.4, 0.5) is 0 Å². The lowest BCUT2D eigenvalue weighted by molar-refractivity contribution is -0.127. The Morgan fingerprint density at radius 2 is 1.89 bits per heavy atom. The van der Waals surface area contributed by atoms with Gasteiger partial charge in [0, 0.05) is 28.6 Å². The number of benzene rings is 2. The minimum Gasteiger partial charge on any atom is -0.508 e. The van der Waals surface area contributed by atoms with Crippen LogP contribution in [-0.2, 0) is 17.6 Å². The summed E-state index contributed by atoms with van der Waals surface area (Å²) in [5.74, 6) is 1.72. The summed E-state index contributed by atoms with van der Waals surface area (Å²) in [7, 11) is 0. The number of hydrogen-bond donors (Lipinski definition) is 3. The van der Waals surface area contributed by atoms with Crippen molar-refractivity contribution in [3.63, 3.8) is 0 Å². The molecule has 1 atom stereocenters. The van der Waals surface area contributed by atoms with E-state index in [1.54, 1.807) is 24.3 Å². The fourth-order valence-electron chi connectivity index (χ4n) is 5.09. The predicted octanol–water partition coefficient (Wildman–Crippen LogP) is 7.82. The topological polar surface area (TPSA) is 78.0 Å². The zero-order chi connectivity index (χ0) is 26.4. The molecule has 1 heterocycles. The monoisotopic (exact) mass is 539 g/mol. The number of aromatic amines is 1. The number of aromatic nitrogens is 2. The van der Waals surface area contributed by atoms with Crippen LogP contribution >= 0.6 is 23.2 Å². The normalized spacial score (nSPS) is 18.7. The van der Waals surface area contributed by atoms with Crippen LogP contribution in [0.15, 0.2) is 54.6 Å². The third-order valence-electron chi connectivity index (χ3n) is 7.36. The molecule has 0 unspecified atom stereocenters. The molecule has 1 amide bonds. The maximum Gasteiger partial charge on any atom is 0.223 e. The van der Waals surface area contributed by atoms with E-state index in [0.717, 1.165) is 54.1 Å². The number of phenolic OH excluding ortho intramolecular Hbond substituents is 1. The highest BCUT2D eigenvalue weighted by molar-refractivity contribution is 6.36. The molecule has 0 aliphatic heterocycles. The van der Waals surface area contributed by atoms with Gasteiger partial charge in [0.15, 0.2) is 0 Å². The average Bonchev–Trinajstić information content (AvgIpc) is 3.32. The molecule has 37 heavy (non-hydrogen) atoms. The first-order valence-electron chi connectivity index (χ1n) is 13.1. The molecule has 2 aromatic carbocycles. The number of rotatable bonds is 9.